The van der Waals surface area contributed by atoms with Gasteiger partial charge in [0.2, 0.25) is 0 Å². The standard InChI is InChI=1S/C17H23N5OS/c1-21(15-9-6-10-16(15)24-2)17(23)18-11-13-12-22(20-19-13)14-7-4-3-5-8-14/h3-5,7-8,12,15-16H,6,9-11H2,1-2H3,(H,18,23). The van der Waals surface area contributed by atoms with Crippen LogP contribution in [-0.4, -0.2) is 50.5 Å². The number of hydrogen-bond acceptors (Lipinski definition) is 4. The van der Waals surface area contributed by atoms with Crippen LogP contribution < -0.4 is 5.32 Å². The molecule has 1 saturated carbocycles. The Hall–Kier alpha value is -2.02. The minimum Gasteiger partial charge on any atom is -0.332 e. The Morgan fingerprint density at radius 2 is 2.17 bits per heavy atom. The van der Waals surface area contributed by atoms with Crippen LogP contribution in [0.4, 0.5) is 4.79 Å². The average Bonchev–Trinajstić information content (AvgIpc) is 3.28. The zero-order valence-corrected chi connectivity index (χ0v) is 14.9. The molecule has 0 saturated heterocycles. The van der Waals surface area contributed by atoms with Crippen LogP contribution in [0.5, 0.6) is 0 Å². The van der Waals surface area contributed by atoms with Crippen LogP contribution >= 0.6 is 11.8 Å². The summed E-state index contributed by atoms with van der Waals surface area (Å²) in [6, 6.07) is 10.1. The molecule has 7 heteroatoms. The molecule has 1 aromatic heterocycles. The number of nitrogens with zero attached hydrogens (tertiary/aromatic N) is 4. The van der Waals surface area contributed by atoms with Crippen molar-refractivity contribution < 1.29 is 4.79 Å². The quantitative estimate of drug-likeness (QED) is 0.905. The van der Waals surface area contributed by atoms with Crippen molar-refractivity contribution in [2.24, 2.45) is 0 Å². The van der Waals surface area contributed by atoms with Crippen molar-refractivity contribution in [2.75, 3.05) is 13.3 Å². The van der Waals surface area contributed by atoms with Crippen LogP contribution in [0.25, 0.3) is 5.69 Å². The van der Waals surface area contributed by atoms with Crippen molar-refractivity contribution in [1.82, 2.24) is 25.2 Å². The lowest BCUT2D eigenvalue weighted by atomic mass is 10.2. The fraction of sp³-hybridized carbons (Fsp3) is 0.471. The van der Waals surface area contributed by atoms with E-state index in [9.17, 15) is 4.79 Å². The molecule has 0 radical (unpaired) electrons. The van der Waals surface area contributed by atoms with Gasteiger partial charge < -0.3 is 10.2 Å². The third-order valence-corrected chi connectivity index (χ3v) is 5.68. The van der Waals surface area contributed by atoms with Crippen molar-refractivity contribution in [3.63, 3.8) is 0 Å². The summed E-state index contributed by atoms with van der Waals surface area (Å²) < 4.78 is 1.71. The van der Waals surface area contributed by atoms with Gasteiger partial charge in [0.15, 0.2) is 0 Å². The van der Waals surface area contributed by atoms with E-state index in [1.54, 1.807) is 4.68 Å². The minimum absolute atomic E-state index is 0.0461. The van der Waals surface area contributed by atoms with Gasteiger partial charge in [-0.3, -0.25) is 0 Å². The molecular formula is C17H23N5OS. The van der Waals surface area contributed by atoms with Crippen molar-refractivity contribution in [1.29, 1.82) is 0 Å². The molecule has 2 amide bonds. The Morgan fingerprint density at radius 3 is 2.92 bits per heavy atom. The summed E-state index contributed by atoms with van der Waals surface area (Å²) in [4.78, 5) is 14.2. The number of benzene rings is 1. The lowest BCUT2D eigenvalue weighted by Crippen LogP contribution is -2.45. The number of carbonyl (C=O) groups excluding carboxylic acids is 1. The van der Waals surface area contributed by atoms with Crippen molar-refractivity contribution in [3.05, 3.63) is 42.2 Å². The number of nitrogens with one attached hydrogen (secondary N) is 1. The fourth-order valence-corrected chi connectivity index (χ4v) is 4.19. The highest BCUT2D eigenvalue weighted by Crippen LogP contribution is 2.31. The molecule has 0 bridgehead atoms. The number of carbonyl (C=O) groups is 1. The molecule has 6 nitrogen and oxygen atoms in total. The van der Waals surface area contributed by atoms with Gasteiger partial charge in [-0.2, -0.15) is 11.8 Å². The summed E-state index contributed by atoms with van der Waals surface area (Å²) >= 11 is 1.85. The Bertz CT molecular complexity index is 675. The molecule has 1 aromatic carbocycles. The molecule has 0 aliphatic heterocycles. The Morgan fingerprint density at radius 1 is 1.38 bits per heavy atom. The Kier molecular flexibility index (Phi) is 5.40. The highest BCUT2D eigenvalue weighted by Gasteiger charge is 2.32. The van der Waals surface area contributed by atoms with Crippen LogP contribution in [0.2, 0.25) is 0 Å². The van der Waals surface area contributed by atoms with Crippen molar-refractivity contribution >= 4 is 17.8 Å². The average molecular weight is 345 g/mol. The van der Waals surface area contributed by atoms with Gasteiger partial charge in [0.25, 0.3) is 0 Å². The summed E-state index contributed by atoms with van der Waals surface area (Å²) in [7, 11) is 1.88. The molecule has 2 atom stereocenters. The molecule has 0 spiro atoms. The van der Waals surface area contributed by atoms with Crippen LogP contribution in [0.1, 0.15) is 25.0 Å². The Labute approximate surface area is 146 Å². The molecular weight excluding hydrogens is 322 g/mol. The van der Waals surface area contributed by atoms with E-state index in [1.165, 1.54) is 12.8 Å². The van der Waals surface area contributed by atoms with E-state index in [0.29, 0.717) is 17.8 Å². The summed E-state index contributed by atoms with van der Waals surface area (Å²) in [5.41, 5.74) is 1.70. The Balaban J connectivity index is 1.56. The smallest absolute Gasteiger partial charge is 0.317 e. The molecule has 128 valence electrons. The first-order valence-electron chi connectivity index (χ1n) is 8.19. The molecule has 1 fully saturated rings. The zero-order chi connectivity index (χ0) is 16.9. The van der Waals surface area contributed by atoms with Gasteiger partial charge in [0, 0.05) is 18.3 Å². The molecule has 1 aliphatic carbocycles. The first kappa shape index (κ1) is 16.8. The summed E-state index contributed by atoms with van der Waals surface area (Å²) in [6.07, 6.45) is 7.43. The molecule has 1 aliphatic rings. The van der Waals surface area contributed by atoms with E-state index in [-0.39, 0.29) is 6.03 Å². The van der Waals surface area contributed by atoms with E-state index in [4.69, 9.17) is 0 Å². The van der Waals surface area contributed by atoms with E-state index >= 15 is 0 Å². The first-order chi connectivity index (χ1) is 11.7. The lowest BCUT2D eigenvalue weighted by molar-refractivity contribution is 0.191. The maximum atomic E-state index is 12.4. The number of aromatic nitrogens is 3. The fourth-order valence-electron chi connectivity index (χ4n) is 3.15. The third-order valence-electron chi connectivity index (χ3n) is 4.52. The van der Waals surface area contributed by atoms with E-state index in [1.807, 2.05) is 60.2 Å². The topological polar surface area (TPSA) is 63.1 Å². The summed E-state index contributed by atoms with van der Waals surface area (Å²) in [6.45, 7) is 0.382. The van der Waals surface area contributed by atoms with Gasteiger partial charge in [0.1, 0.15) is 5.69 Å². The predicted molar refractivity (Wildman–Crippen MR) is 96.3 cm³/mol. The number of amides is 2. The number of urea groups is 1. The normalized spacial score (nSPS) is 20.1. The van der Waals surface area contributed by atoms with Gasteiger partial charge in [-0.15, -0.1) is 5.10 Å². The van der Waals surface area contributed by atoms with Gasteiger partial charge in [0.05, 0.1) is 18.4 Å². The monoisotopic (exact) mass is 345 g/mol. The molecule has 3 rings (SSSR count). The highest BCUT2D eigenvalue weighted by molar-refractivity contribution is 7.99. The SMILES string of the molecule is CSC1CCCC1N(C)C(=O)NCc1cn(-c2ccccc2)nn1. The van der Waals surface area contributed by atoms with E-state index in [0.717, 1.165) is 17.8 Å². The van der Waals surface area contributed by atoms with Gasteiger partial charge >= 0.3 is 6.03 Å². The lowest BCUT2D eigenvalue weighted by Gasteiger charge is -2.28. The van der Waals surface area contributed by atoms with Crippen LogP contribution in [0, 0.1) is 0 Å². The largest absolute Gasteiger partial charge is 0.332 e. The number of rotatable bonds is 5. The second-order valence-corrected chi connectivity index (χ2v) is 7.11. The molecule has 1 N–H and O–H groups in total. The van der Waals surface area contributed by atoms with Crippen LogP contribution in [-0.2, 0) is 6.54 Å². The maximum Gasteiger partial charge on any atom is 0.317 e. The second kappa shape index (κ2) is 7.70. The third kappa shape index (κ3) is 3.72. The van der Waals surface area contributed by atoms with Gasteiger partial charge in [-0.05, 0) is 31.2 Å². The van der Waals surface area contributed by atoms with Crippen molar-refractivity contribution in [3.8, 4) is 5.69 Å². The first-order valence-corrected chi connectivity index (χ1v) is 9.48. The predicted octanol–water partition coefficient (Wildman–Crippen LogP) is 2.69. The summed E-state index contributed by atoms with van der Waals surface area (Å²) in [5, 5.41) is 11.7. The molecule has 2 aromatic rings. The second-order valence-electron chi connectivity index (χ2n) is 6.03. The number of hydrogen-bond donors (Lipinski definition) is 1. The van der Waals surface area contributed by atoms with Gasteiger partial charge in [-0.25, -0.2) is 9.48 Å². The van der Waals surface area contributed by atoms with Crippen LogP contribution in [0.15, 0.2) is 36.5 Å². The van der Waals surface area contributed by atoms with Crippen molar-refractivity contribution in [2.45, 2.75) is 37.1 Å². The summed E-state index contributed by atoms with van der Waals surface area (Å²) in [5.74, 6) is 0. The zero-order valence-electron chi connectivity index (χ0n) is 14.1. The van der Waals surface area contributed by atoms with Crippen LogP contribution in [0.3, 0.4) is 0 Å². The van der Waals surface area contributed by atoms with E-state index < -0.39 is 0 Å². The van der Waals surface area contributed by atoms with Gasteiger partial charge in [-0.1, -0.05) is 29.8 Å². The molecule has 24 heavy (non-hydrogen) atoms. The molecule has 1 heterocycles. The molecule has 2 unspecified atom stereocenters. The minimum atomic E-state index is -0.0461. The van der Waals surface area contributed by atoms with E-state index in [2.05, 4.69) is 21.9 Å². The number of thioether (sulfide) groups is 1. The maximum absolute atomic E-state index is 12.4. The number of para-hydroxylation sites is 1. The highest BCUT2D eigenvalue weighted by atomic mass is 32.2.